The molecule has 1 aliphatic carbocycles. The molecule has 34 heavy (non-hydrogen) atoms. The molecule has 16 heteroatoms. The van der Waals surface area contributed by atoms with Crippen molar-refractivity contribution in [2.45, 2.75) is 67.4 Å². The van der Waals surface area contributed by atoms with Crippen molar-refractivity contribution >= 4 is 67.8 Å². The van der Waals surface area contributed by atoms with E-state index in [4.69, 9.17) is 0 Å². The second-order valence-corrected chi connectivity index (χ2v) is 11.3. The SMILES string of the molecule is FC(F)(F)C(F)(F)C(F)(F)C(F)(F)C(F)(F)C(F)(F)CCC1CCC1c1c(I)cc(I)cc1I. The topological polar surface area (TPSA) is 0 Å². The molecule has 0 spiro atoms. The van der Waals surface area contributed by atoms with Crippen molar-refractivity contribution in [1.29, 1.82) is 0 Å². The fourth-order valence-corrected chi connectivity index (χ4v) is 7.91. The summed E-state index contributed by atoms with van der Waals surface area (Å²) in [4.78, 5) is 0. The molecule has 0 aliphatic heterocycles. The van der Waals surface area contributed by atoms with Crippen LogP contribution in [0.5, 0.6) is 0 Å². The van der Waals surface area contributed by atoms with Gasteiger partial charge in [-0.2, -0.15) is 57.1 Å². The van der Waals surface area contributed by atoms with Crippen LogP contribution in [-0.4, -0.2) is 35.8 Å². The fourth-order valence-electron chi connectivity index (χ4n) is 3.53. The van der Waals surface area contributed by atoms with E-state index >= 15 is 0 Å². The quantitative estimate of drug-likeness (QED) is 0.181. The summed E-state index contributed by atoms with van der Waals surface area (Å²) in [5.41, 5.74) is 0.703. The highest BCUT2D eigenvalue weighted by molar-refractivity contribution is 14.1. The summed E-state index contributed by atoms with van der Waals surface area (Å²) in [6.45, 7) is 0. The first-order valence-electron chi connectivity index (χ1n) is 9.13. The summed E-state index contributed by atoms with van der Waals surface area (Å²) in [6.07, 6.45) is -9.74. The average molecular weight is 856 g/mol. The monoisotopic (exact) mass is 856 g/mol. The third-order valence-corrected chi connectivity index (χ3v) is 8.07. The minimum atomic E-state index is -7.85. The van der Waals surface area contributed by atoms with Gasteiger partial charge >= 0.3 is 35.8 Å². The Bertz CT molecular complexity index is 888. The predicted octanol–water partition coefficient (Wildman–Crippen LogP) is 9.51. The van der Waals surface area contributed by atoms with E-state index < -0.39 is 60.5 Å². The third kappa shape index (κ3) is 4.98. The molecule has 196 valence electrons. The van der Waals surface area contributed by atoms with Crippen LogP contribution in [0.3, 0.4) is 0 Å². The van der Waals surface area contributed by atoms with Crippen LogP contribution in [0.2, 0.25) is 0 Å². The molecule has 1 aliphatic rings. The first kappa shape index (κ1) is 30.7. The molecule has 0 saturated heterocycles. The van der Waals surface area contributed by atoms with Gasteiger partial charge in [0, 0.05) is 17.1 Å². The van der Waals surface area contributed by atoms with Crippen LogP contribution >= 0.6 is 67.8 Å². The zero-order chi connectivity index (χ0) is 26.7. The van der Waals surface area contributed by atoms with E-state index in [-0.39, 0.29) is 6.42 Å². The highest BCUT2D eigenvalue weighted by Crippen LogP contribution is 2.61. The normalized spacial score (nSPS) is 20.9. The minimum Gasteiger partial charge on any atom is -0.200 e. The Morgan fingerprint density at radius 2 is 1.09 bits per heavy atom. The molecule has 0 heterocycles. The predicted molar refractivity (Wildman–Crippen MR) is 120 cm³/mol. The van der Waals surface area contributed by atoms with E-state index in [2.05, 4.69) is 0 Å². The molecule has 0 amide bonds. The first-order chi connectivity index (χ1) is 15.0. The summed E-state index contributed by atoms with van der Waals surface area (Å²) < 4.78 is 174. The van der Waals surface area contributed by atoms with Gasteiger partial charge in [-0.1, -0.05) is 0 Å². The largest absolute Gasteiger partial charge is 0.460 e. The van der Waals surface area contributed by atoms with Crippen molar-refractivity contribution in [3.63, 3.8) is 0 Å². The van der Waals surface area contributed by atoms with Crippen molar-refractivity contribution in [3.05, 3.63) is 28.4 Å². The van der Waals surface area contributed by atoms with Crippen LogP contribution in [0.15, 0.2) is 12.1 Å². The third-order valence-electron chi connectivity index (χ3n) is 5.66. The van der Waals surface area contributed by atoms with Gasteiger partial charge in [-0.05, 0) is 117 Å². The molecular weight excluding hydrogens is 844 g/mol. The molecule has 0 aromatic heterocycles. The van der Waals surface area contributed by atoms with Crippen molar-refractivity contribution in [1.82, 2.24) is 0 Å². The van der Waals surface area contributed by atoms with Gasteiger partial charge in [0.2, 0.25) is 0 Å². The maximum atomic E-state index is 14.1. The molecule has 0 nitrogen and oxygen atoms in total. The molecule has 0 bridgehead atoms. The Balaban J connectivity index is 2.27. The van der Waals surface area contributed by atoms with Crippen LogP contribution in [0.4, 0.5) is 57.1 Å². The molecule has 2 unspecified atom stereocenters. The standard InChI is InChI=1S/C18H12F13I3/c19-13(20,14(21,22)15(23,24)16(25,26)17(27,28)18(29,30)31)4-3-7-1-2-9(7)12-10(33)5-8(32)6-11(12)34/h5-7,9H,1-4H2. The molecule has 1 fully saturated rings. The smallest absolute Gasteiger partial charge is 0.200 e. The summed E-state index contributed by atoms with van der Waals surface area (Å²) in [5, 5.41) is 0. The highest BCUT2D eigenvalue weighted by Gasteiger charge is 2.90. The van der Waals surface area contributed by atoms with Crippen molar-refractivity contribution in [2.75, 3.05) is 0 Å². The lowest BCUT2D eigenvalue weighted by molar-refractivity contribution is -0.440. The number of benzene rings is 1. The van der Waals surface area contributed by atoms with E-state index in [1.807, 2.05) is 67.8 Å². The van der Waals surface area contributed by atoms with Gasteiger partial charge in [0.25, 0.3) is 0 Å². The van der Waals surface area contributed by atoms with Crippen LogP contribution < -0.4 is 0 Å². The molecular formula is C18H12F13I3. The molecule has 1 aromatic carbocycles. The Kier molecular flexibility index (Phi) is 8.74. The summed E-state index contributed by atoms with van der Waals surface area (Å²) in [6, 6.07) is 3.50. The van der Waals surface area contributed by atoms with E-state index in [1.165, 1.54) is 0 Å². The van der Waals surface area contributed by atoms with Gasteiger partial charge in [-0.15, -0.1) is 0 Å². The Labute approximate surface area is 225 Å². The van der Waals surface area contributed by atoms with Crippen LogP contribution in [0.25, 0.3) is 0 Å². The van der Waals surface area contributed by atoms with Gasteiger partial charge < -0.3 is 0 Å². The van der Waals surface area contributed by atoms with Gasteiger partial charge in [0.1, 0.15) is 0 Å². The van der Waals surface area contributed by atoms with Crippen molar-refractivity contribution in [2.24, 2.45) is 5.92 Å². The zero-order valence-corrected chi connectivity index (χ0v) is 22.7. The Hall–Kier alpha value is 0.500. The lowest BCUT2D eigenvalue weighted by atomic mass is 9.67. The second-order valence-electron chi connectivity index (χ2n) is 7.77. The van der Waals surface area contributed by atoms with Crippen LogP contribution in [0.1, 0.15) is 37.2 Å². The Morgan fingerprint density at radius 1 is 0.647 bits per heavy atom. The molecule has 0 N–H and O–H groups in total. The second kappa shape index (κ2) is 9.67. The summed E-state index contributed by atoms with van der Waals surface area (Å²) in [5.74, 6) is -37.6. The fraction of sp³-hybridized carbons (Fsp3) is 0.667. The van der Waals surface area contributed by atoms with Gasteiger partial charge in [0.15, 0.2) is 0 Å². The average Bonchev–Trinajstić information content (AvgIpc) is 2.61. The van der Waals surface area contributed by atoms with Crippen molar-refractivity contribution < 1.29 is 57.1 Å². The van der Waals surface area contributed by atoms with Crippen molar-refractivity contribution in [3.8, 4) is 0 Å². The van der Waals surface area contributed by atoms with E-state index in [0.717, 1.165) is 10.7 Å². The number of hydrogen-bond acceptors (Lipinski definition) is 0. The molecule has 2 atom stereocenters. The highest BCUT2D eigenvalue weighted by atomic mass is 127. The maximum Gasteiger partial charge on any atom is 0.460 e. The number of halogens is 16. The number of alkyl halides is 13. The Morgan fingerprint density at radius 3 is 1.47 bits per heavy atom. The van der Waals surface area contributed by atoms with E-state index in [9.17, 15) is 57.1 Å². The van der Waals surface area contributed by atoms with Gasteiger partial charge in [-0.3, -0.25) is 0 Å². The molecule has 0 radical (unpaired) electrons. The first-order valence-corrected chi connectivity index (χ1v) is 12.4. The van der Waals surface area contributed by atoms with E-state index in [1.54, 1.807) is 12.1 Å². The van der Waals surface area contributed by atoms with E-state index in [0.29, 0.717) is 12.0 Å². The van der Waals surface area contributed by atoms with Crippen LogP contribution in [0, 0.1) is 16.6 Å². The number of rotatable bonds is 8. The zero-order valence-electron chi connectivity index (χ0n) is 16.2. The maximum absolute atomic E-state index is 14.1. The van der Waals surface area contributed by atoms with Crippen LogP contribution in [-0.2, 0) is 0 Å². The molecule has 1 saturated carbocycles. The van der Waals surface area contributed by atoms with Gasteiger partial charge in [-0.25, -0.2) is 0 Å². The molecule has 1 aromatic rings. The number of hydrogen-bond donors (Lipinski definition) is 0. The minimum absolute atomic E-state index is 0.211. The lowest BCUT2D eigenvalue weighted by Gasteiger charge is -2.42. The lowest BCUT2D eigenvalue weighted by Crippen LogP contribution is -2.70. The molecule has 2 rings (SSSR count). The van der Waals surface area contributed by atoms with Gasteiger partial charge in [0.05, 0.1) is 0 Å². The summed E-state index contributed by atoms with van der Waals surface area (Å²) in [7, 11) is 0. The summed E-state index contributed by atoms with van der Waals surface area (Å²) >= 11 is 5.94.